The smallest absolute Gasteiger partial charge is 0.185 e. The van der Waals surface area contributed by atoms with Gasteiger partial charge in [0.05, 0.1) is 30.1 Å². The van der Waals surface area contributed by atoms with Crippen LogP contribution in [-0.2, 0) is 15.3 Å². The van der Waals surface area contributed by atoms with Crippen molar-refractivity contribution in [3.63, 3.8) is 0 Å². The Morgan fingerprint density at radius 1 is 0.971 bits per heavy atom. The minimum absolute atomic E-state index is 0.00284. The van der Waals surface area contributed by atoms with Crippen LogP contribution in [0, 0.1) is 0 Å². The Hall–Kier alpha value is -2.58. The van der Waals surface area contributed by atoms with Crippen LogP contribution in [0.4, 0.5) is 5.13 Å². The van der Waals surface area contributed by atoms with Crippen LogP contribution in [0.15, 0.2) is 52.7 Å². The zero-order chi connectivity index (χ0) is 24.5. The second-order valence-electron chi connectivity index (χ2n) is 9.59. The van der Waals surface area contributed by atoms with E-state index in [-0.39, 0.29) is 10.7 Å². The fourth-order valence-corrected chi connectivity index (χ4v) is 6.85. The Kier molecular flexibility index (Phi) is 6.92. The molecule has 0 aliphatic carbocycles. The molecule has 0 spiro atoms. The molecular formula is C26H32N2O4S2. The number of thiazole rings is 1. The van der Waals surface area contributed by atoms with E-state index in [9.17, 15) is 8.42 Å². The average molecular weight is 501 g/mol. The van der Waals surface area contributed by atoms with Crippen molar-refractivity contribution in [2.75, 3.05) is 32.2 Å². The van der Waals surface area contributed by atoms with Crippen molar-refractivity contribution in [3.05, 3.63) is 53.4 Å². The zero-order valence-electron chi connectivity index (χ0n) is 20.4. The molecule has 0 N–H and O–H groups in total. The molecule has 0 bridgehead atoms. The topological polar surface area (TPSA) is 68.7 Å². The van der Waals surface area contributed by atoms with Crippen LogP contribution < -0.4 is 14.4 Å². The molecular weight excluding hydrogens is 468 g/mol. The molecule has 0 radical (unpaired) electrons. The lowest BCUT2D eigenvalue weighted by Crippen LogP contribution is -2.39. The van der Waals surface area contributed by atoms with Crippen molar-refractivity contribution in [3.8, 4) is 22.8 Å². The van der Waals surface area contributed by atoms with Gasteiger partial charge in [-0.3, -0.25) is 0 Å². The summed E-state index contributed by atoms with van der Waals surface area (Å²) in [6, 6.07) is 13.2. The highest BCUT2D eigenvalue weighted by Gasteiger charge is 2.32. The third-order valence-corrected chi connectivity index (χ3v) is 9.55. The molecule has 34 heavy (non-hydrogen) atoms. The number of methoxy groups -OCH3 is 2. The van der Waals surface area contributed by atoms with Gasteiger partial charge >= 0.3 is 0 Å². The predicted octanol–water partition coefficient (Wildman–Crippen LogP) is 5.57. The molecule has 2 aromatic carbocycles. The zero-order valence-corrected chi connectivity index (χ0v) is 22.0. The first kappa shape index (κ1) is 24.5. The number of nitrogens with zero attached hydrogens (tertiary/aromatic N) is 2. The summed E-state index contributed by atoms with van der Waals surface area (Å²) < 4.78 is 37.2. The fourth-order valence-electron chi connectivity index (χ4n) is 4.23. The summed E-state index contributed by atoms with van der Waals surface area (Å²) in [4.78, 5) is 7.42. The molecule has 1 aromatic heterocycles. The SMILES string of the molecule is COc1ccc(-c2csc(N3CCC(S(=O)(=O)c4ccc(C(C)(C)C)cc4)CC3)n2)cc1OC. The highest BCUT2D eigenvalue weighted by molar-refractivity contribution is 7.92. The standard InChI is InChI=1S/C26H32N2O4S2/c1-26(2,3)19-7-9-20(10-8-19)34(29,30)21-12-14-28(15-13-21)25-27-22(17-33-25)18-6-11-23(31-4)24(16-18)32-5/h6-11,16-17,21H,12-15H2,1-5H3. The number of piperidine rings is 1. The van der Waals surface area contributed by atoms with Gasteiger partial charge in [-0.05, 0) is 54.2 Å². The van der Waals surface area contributed by atoms with Crippen LogP contribution in [0.25, 0.3) is 11.3 Å². The molecule has 1 aliphatic rings. The Bertz CT molecular complexity index is 1240. The maximum atomic E-state index is 13.2. The molecule has 0 saturated carbocycles. The number of benzene rings is 2. The van der Waals surface area contributed by atoms with Gasteiger partial charge in [-0.15, -0.1) is 11.3 Å². The van der Waals surface area contributed by atoms with Crippen LogP contribution in [0.5, 0.6) is 11.5 Å². The Labute approximate surface area is 206 Å². The maximum Gasteiger partial charge on any atom is 0.185 e. The van der Waals surface area contributed by atoms with Crippen molar-refractivity contribution >= 4 is 26.3 Å². The Morgan fingerprint density at radius 3 is 2.21 bits per heavy atom. The van der Waals surface area contributed by atoms with Crippen LogP contribution >= 0.6 is 11.3 Å². The molecule has 6 nitrogen and oxygen atoms in total. The van der Waals surface area contributed by atoms with Gasteiger partial charge in [0.2, 0.25) is 0 Å². The van der Waals surface area contributed by atoms with Crippen molar-refractivity contribution in [1.82, 2.24) is 4.98 Å². The van der Waals surface area contributed by atoms with Gasteiger partial charge in [0.25, 0.3) is 0 Å². The van der Waals surface area contributed by atoms with E-state index < -0.39 is 9.84 Å². The lowest BCUT2D eigenvalue weighted by atomic mass is 9.87. The number of anilines is 1. The summed E-state index contributed by atoms with van der Waals surface area (Å²) in [5.41, 5.74) is 2.96. The molecule has 182 valence electrons. The number of hydrogen-bond acceptors (Lipinski definition) is 7. The summed E-state index contributed by atoms with van der Waals surface area (Å²) in [7, 11) is -0.121. The third-order valence-electron chi connectivity index (χ3n) is 6.37. The van der Waals surface area contributed by atoms with Crippen LogP contribution in [-0.4, -0.2) is 46.0 Å². The summed E-state index contributed by atoms with van der Waals surface area (Å²) in [5.74, 6) is 1.34. The second-order valence-corrected chi connectivity index (χ2v) is 12.7. The first-order chi connectivity index (χ1) is 16.1. The van der Waals surface area contributed by atoms with Gasteiger partial charge in [0.1, 0.15) is 0 Å². The van der Waals surface area contributed by atoms with Gasteiger partial charge in [0.15, 0.2) is 26.5 Å². The molecule has 4 rings (SSSR count). The highest BCUT2D eigenvalue weighted by Crippen LogP contribution is 2.35. The molecule has 1 aliphatic heterocycles. The molecule has 3 aromatic rings. The van der Waals surface area contributed by atoms with Gasteiger partial charge < -0.3 is 14.4 Å². The summed E-state index contributed by atoms with van der Waals surface area (Å²) in [6.45, 7) is 7.72. The van der Waals surface area contributed by atoms with Gasteiger partial charge in [-0.25, -0.2) is 13.4 Å². The largest absolute Gasteiger partial charge is 0.493 e. The second kappa shape index (κ2) is 9.58. The lowest BCUT2D eigenvalue weighted by molar-refractivity contribution is 0.355. The van der Waals surface area contributed by atoms with E-state index in [1.165, 1.54) is 0 Å². The van der Waals surface area contributed by atoms with Crippen molar-refractivity contribution in [1.29, 1.82) is 0 Å². The van der Waals surface area contributed by atoms with E-state index in [4.69, 9.17) is 14.5 Å². The lowest BCUT2D eigenvalue weighted by Gasteiger charge is -2.31. The molecule has 1 saturated heterocycles. The van der Waals surface area contributed by atoms with Gasteiger partial charge in [0, 0.05) is 24.0 Å². The molecule has 2 heterocycles. The van der Waals surface area contributed by atoms with Gasteiger partial charge in [-0.1, -0.05) is 32.9 Å². The van der Waals surface area contributed by atoms with Crippen LogP contribution in [0.1, 0.15) is 39.2 Å². The number of sulfone groups is 1. The summed E-state index contributed by atoms with van der Waals surface area (Å²) >= 11 is 1.58. The normalized spacial score (nSPS) is 15.4. The van der Waals surface area contributed by atoms with Crippen LogP contribution in [0.2, 0.25) is 0 Å². The molecule has 0 amide bonds. The minimum atomic E-state index is -3.35. The van der Waals surface area contributed by atoms with E-state index in [0.29, 0.717) is 42.3 Å². The third kappa shape index (κ3) is 4.93. The number of hydrogen-bond donors (Lipinski definition) is 0. The molecule has 0 unspecified atom stereocenters. The van der Waals surface area contributed by atoms with E-state index in [0.717, 1.165) is 22.0 Å². The van der Waals surface area contributed by atoms with E-state index in [1.807, 2.05) is 35.7 Å². The number of rotatable bonds is 6. The predicted molar refractivity (Wildman–Crippen MR) is 138 cm³/mol. The first-order valence-electron chi connectivity index (χ1n) is 11.4. The van der Waals surface area contributed by atoms with Crippen molar-refractivity contribution < 1.29 is 17.9 Å². The van der Waals surface area contributed by atoms with Crippen LogP contribution in [0.3, 0.4) is 0 Å². The van der Waals surface area contributed by atoms with Crippen molar-refractivity contribution in [2.24, 2.45) is 0 Å². The summed E-state index contributed by atoms with van der Waals surface area (Å²) in [6.07, 6.45) is 1.18. The monoisotopic (exact) mass is 500 g/mol. The fraction of sp³-hybridized carbons (Fsp3) is 0.423. The Morgan fingerprint density at radius 2 is 1.62 bits per heavy atom. The molecule has 8 heteroatoms. The van der Waals surface area contributed by atoms with Crippen molar-refractivity contribution in [2.45, 2.75) is 49.2 Å². The quantitative estimate of drug-likeness (QED) is 0.441. The highest BCUT2D eigenvalue weighted by atomic mass is 32.2. The number of aromatic nitrogens is 1. The Balaban J connectivity index is 1.44. The van der Waals surface area contributed by atoms with Gasteiger partial charge in [-0.2, -0.15) is 0 Å². The maximum absolute atomic E-state index is 13.2. The molecule has 0 atom stereocenters. The molecule has 1 fully saturated rings. The average Bonchev–Trinajstić information content (AvgIpc) is 3.33. The first-order valence-corrected chi connectivity index (χ1v) is 13.8. The minimum Gasteiger partial charge on any atom is -0.493 e. The van der Waals surface area contributed by atoms with E-state index in [1.54, 1.807) is 37.7 Å². The summed E-state index contributed by atoms with van der Waals surface area (Å²) in [5, 5.41) is 2.57. The number of ether oxygens (including phenoxy) is 2. The van der Waals surface area contributed by atoms with E-state index >= 15 is 0 Å². The van der Waals surface area contributed by atoms with E-state index in [2.05, 4.69) is 25.7 Å².